The molecular formula is C18H16ClF3N2O4S. The summed E-state index contributed by atoms with van der Waals surface area (Å²) >= 11 is 6.06. The molecule has 29 heavy (non-hydrogen) atoms. The number of anilines is 1. The van der Waals surface area contributed by atoms with E-state index in [4.69, 9.17) is 11.6 Å². The lowest BCUT2D eigenvalue weighted by molar-refractivity contribution is -0.274. The van der Waals surface area contributed by atoms with Crippen LogP contribution in [0.3, 0.4) is 0 Å². The number of alkyl halides is 3. The second-order valence-corrected chi connectivity index (χ2v) is 8.60. The highest BCUT2D eigenvalue weighted by Crippen LogP contribution is 2.30. The van der Waals surface area contributed by atoms with E-state index < -0.39 is 28.0 Å². The lowest BCUT2D eigenvalue weighted by Crippen LogP contribution is -2.28. The van der Waals surface area contributed by atoms with E-state index in [0.717, 1.165) is 37.1 Å². The van der Waals surface area contributed by atoms with Crippen molar-refractivity contribution in [1.82, 2.24) is 4.31 Å². The van der Waals surface area contributed by atoms with Crippen LogP contribution in [0.4, 0.5) is 18.9 Å². The van der Waals surface area contributed by atoms with E-state index in [-0.39, 0.29) is 21.2 Å². The van der Waals surface area contributed by atoms with Gasteiger partial charge >= 0.3 is 6.36 Å². The van der Waals surface area contributed by atoms with E-state index >= 15 is 0 Å². The SMILES string of the molecule is O=C(Nc1ccc(Cl)c(S(=O)(=O)N2CCCC2)c1)c1ccc(OC(F)(F)F)cc1. The fourth-order valence-corrected chi connectivity index (χ4v) is 4.88. The third-order valence-corrected chi connectivity index (χ3v) is 6.60. The number of halogens is 4. The first-order chi connectivity index (χ1) is 13.6. The van der Waals surface area contributed by atoms with Gasteiger partial charge in [0.15, 0.2) is 0 Å². The zero-order valence-corrected chi connectivity index (χ0v) is 16.4. The van der Waals surface area contributed by atoms with Crippen molar-refractivity contribution < 1.29 is 31.1 Å². The van der Waals surface area contributed by atoms with Crippen LogP contribution in [0.15, 0.2) is 47.4 Å². The second-order valence-electron chi connectivity index (χ2n) is 6.28. The molecule has 11 heteroatoms. The van der Waals surface area contributed by atoms with Crippen molar-refractivity contribution in [3.05, 3.63) is 53.1 Å². The standard InChI is InChI=1S/C18H16ClF3N2O4S/c19-15-8-5-13(11-16(15)29(26,27)24-9-1-2-10-24)23-17(25)12-3-6-14(7-4-12)28-18(20,21)22/h3-8,11H,1-2,9-10H2,(H,23,25). The fraction of sp³-hybridized carbons (Fsp3) is 0.278. The molecule has 0 aliphatic carbocycles. The first-order valence-corrected chi connectivity index (χ1v) is 10.3. The van der Waals surface area contributed by atoms with Crippen LogP contribution in [0.1, 0.15) is 23.2 Å². The van der Waals surface area contributed by atoms with Gasteiger partial charge in [0.25, 0.3) is 5.91 Å². The van der Waals surface area contributed by atoms with Crippen LogP contribution in [-0.2, 0) is 10.0 Å². The molecule has 2 aromatic rings. The Kier molecular flexibility index (Phi) is 6.06. The molecule has 1 fully saturated rings. The lowest BCUT2D eigenvalue weighted by Gasteiger charge is -2.17. The largest absolute Gasteiger partial charge is 0.573 e. The third-order valence-electron chi connectivity index (χ3n) is 4.22. The fourth-order valence-electron chi connectivity index (χ4n) is 2.86. The number of carbonyl (C=O) groups excluding carboxylic acids is 1. The summed E-state index contributed by atoms with van der Waals surface area (Å²) in [6.45, 7) is 0.809. The molecule has 1 aliphatic heterocycles. The van der Waals surface area contributed by atoms with Crippen molar-refractivity contribution in [2.24, 2.45) is 0 Å². The van der Waals surface area contributed by atoms with Crippen LogP contribution >= 0.6 is 11.6 Å². The van der Waals surface area contributed by atoms with E-state index in [2.05, 4.69) is 10.1 Å². The topological polar surface area (TPSA) is 75.7 Å². The maximum Gasteiger partial charge on any atom is 0.573 e. The minimum absolute atomic E-state index is 0.0311. The molecule has 1 saturated heterocycles. The van der Waals surface area contributed by atoms with Gasteiger partial charge in [-0.25, -0.2) is 8.42 Å². The Balaban J connectivity index is 1.77. The molecule has 1 N–H and O–H groups in total. The number of sulfonamides is 1. The molecule has 0 atom stereocenters. The zero-order valence-electron chi connectivity index (χ0n) is 14.9. The molecule has 0 radical (unpaired) electrons. The number of hydrogen-bond donors (Lipinski definition) is 1. The van der Waals surface area contributed by atoms with Crippen molar-refractivity contribution in [3.63, 3.8) is 0 Å². The van der Waals surface area contributed by atoms with E-state index in [1.54, 1.807) is 0 Å². The summed E-state index contributed by atoms with van der Waals surface area (Å²) in [5, 5.41) is 2.54. The summed E-state index contributed by atoms with van der Waals surface area (Å²) < 4.78 is 67.2. The smallest absolute Gasteiger partial charge is 0.406 e. The first-order valence-electron chi connectivity index (χ1n) is 8.53. The molecule has 0 bridgehead atoms. The molecule has 1 aliphatic rings. The number of hydrogen-bond acceptors (Lipinski definition) is 4. The van der Waals surface area contributed by atoms with E-state index in [1.165, 1.54) is 22.5 Å². The van der Waals surface area contributed by atoms with Gasteiger partial charge in [-0.05, 0) is 55.3 Å². The summed E-state index contributed by atoms with van der Waals surface area (Å²) in [6.07, 6.45) is -3.30. The van der Waals surface area contributed by atoms with Gasteiger partial charge in [0.05, 0.1) is 5.02 Å². The summed E-state index contributed by atoms with van der Waals surface area (Å²) in [7, 11) is -3.79. The molecule has 0 aromatic heterocycles. The minimum Gasteiger partial charge on any atom is -0.406 e. The number of nitrogens with one attached hydrogen (secondary N) is 1. The van der Waals surface area contributed by atoms with Gasteiger partial charge < -0.3 is 10.1 Å². The van der Waals surface area contributed by atoms with Crippen molar-refractivity contribution in [2.45, 2.75) is 24.1 Å². The van der Waals surface area contributed by atoms with Crippen molar-refractivity contribution in [3.8, 4) is 5.75 Å². The normalized spacial score (nSPS) is 15.3. The molecule has 3 rings (SSSR count). The van der Waals surface area contributed by atoms with Gasteiger partial charge in [0.1, 0.15) is 10.6 Å². The molecule has 0 spiro atoms. The van der Waals surface area contributed by atoms with Crippen molar-refractivity contribution >= 4 is 33.2 Å². The van der Waals surface area contributed by atoms with Gasteiger partial charge in [-0.2, -0.15) is 4.31 Å². The average molecular weight is 449 g/mol. The van der Waals surface area contributed by atoms with E-state index in [9.17, 15) is 26.4 Å². The van der Waals surface area contributed by atoms with Gasteiger partial charge in [0.2, 0.25) is 10.0 Å². The molecular weight excluding hydrogens is 433 g/mol. The van der Waals surface area contributed by atoms with Crippen LogP contribution in [0.2, 0.25) is 5.02 Å². The highest BCUT2D eigenvalue weighted by Gasteiger charge is 2.31. The molecule has 2 aromatic carbocycles. The van der Waals surface area contributed by atoms with Gasteiger partial charge in [-0.1, -0.05) is 11.6 Å². The van der Waals surface area contributed by atoms with E-state index in [0.29, 0.717) is 13.1 Å². The number of amides is 1. The Morgan fingerprint density at radius 1 is 1.07 bits per heavy atom. The highest BCUT2D eigenvalue weighted by atomic mass is 35.5. The van der Waals surface area contributed by atoms with Crippen molar-refractivity contribution in [2.75, 3.05) is 18.4 Å². The van der Waals surface area contributed by atoms with Crippen LogP contribution < -0.4 is 10.1 Å². The van der Waals surface area contributed by atoms with Crippen LogP contribution in [-0.4, -0.2) is 38.1 Å². The molecule has 1 heterocycles. The number of nitrogens with zero attached hydrogens (tertiary/aromatic N) is 1. The number of ether oxygens (including phenoxy) is 1. The quantitative estimate of drug-likeness (QED) is 0.741. The first kappa shape index (κ1) is 21.4. The number of rotatable bonds is 5. The molecule has 6 nitrogen and oxygen atoms in total. The molecule has 1 amide bonds. The monoisotopic (exact) mass is 448 g/mol. The Morgan fingerprint density at radius 3 is 2.28 bits per heavy atom. The maximum absolute atomic E-state index is 12.7. The van der Waals surface area contributed by atoms with Gasteiger partial charge in [-0.15, -0.1) is 13.2 Å². The van der Waals surface area contributed by atoms with Crippen molar-refractivity contribution in [1.29, 1.82) is 0 Å². The third kappa shape index (κ3) is 5.20. The van der Waals surface area contributed by atoms with Crippen LogP contribution in [0, 0.1) is 0 Å². The minimum atomic E-state index is -4.83. The Labute approximate surface area is 170 Å². The van der Waals surface area contributed by atoms with Gasteiger partial charge in [0, 0.05) is 24.3 Å². The maximum atomic E-state index is 12.7. The second kappa shape index (κ2) is 8.21. The number of carbonyl (C=O) groups is 1. The Morgan fingerprint density at radius 2 is 1.69 bits per heavy atom. The predicted octanol–water partition coefficient (Wildman–Crippen LogP) is 4.28. The molecule has 0 saturated carbocycles. The molecule has 156 valence electrons. The summed E-state index contributed by atoms with van der Waals surface area (Å²) in [4.78, 5) is 12.2. The van der Waals surface area contributed by atoms with Crippen LogP contribution in [0.25, 0.3) is 0 Å². The molecule has 0 unspecified atom stereocenters. The average Bonchev–Trinajstić information content (AvgIpc) is 3.18. The highest BCUT2D eigenvalue weighted by molar-refractivity contribution is 7.89. The van der Waals surface area contributed by atoms with E-state index in [1.807, 2.05) is 0 Å². The van der Waals surface area contributed by atoms with Gasteiger partial charge in [-0.3, -0.25) is 4.79 Å². The Bertz CT molecular complexity index is 1000. The lowest BCUT2D eigenvalue weighted by atomic mass is 10.2. The summed E-state index contributed by atoms with van der Waals surface area (Å²) in [5.41, 5.74) is 0.256. The Hall–Kier alpha value is -2.30. The number of benzene rings is 2. The summed E-state index contributed by atoms with van der Waals surface area (Å²) in [5.74, 6) is -1.09. The van der Waals surface area contributed by atoms with Crippen LogP contribution in [0.5, 0.6) is 5.75 Å². The zero-order chi connectivity index (χ0) is 21.2. The predicted molar refractivity (Wildman–Crippen MR) is 101 cm³/mol. The summed E-state index contributed by atoms with van der Waals surface area (Å²) in [6, 6.07) is 8.39.